The number of nitrogens with zero attached hydrogens (tertiary/aromatic N) is 3. The molecule has 204 valence electrons. The quantitative estimate of drug-likeness (QED) is 0.188. The molecule has 0 saturated heterocycles. The molecule has 5 aromatic rings. The SMILES string of the molecule is COc1ccc(-c2cc(-c3ccc(C)cc3)c(C#N)c(SCCC(=O)n3c4c(c5ccccc53)CCCC4)n2)cc1. The van der Waals surface area contributed by atoms with Crippen LogP contribution < -0.4 is 4.74 Å². The van der Waals surface area contributed by atoms with Crippen LogP contribution in [0.4, 0.5) is 0 Å². The van der Waals surface area contributed by atoms with Gasteiger partial charge in [-0.2, -0.15) is 5.26 Å². The molecule has 0 spiro atoms. The smallest absolute Gasteiger partial charge is 0.232 e. The minimum atomic E-state index is 0.0976. The Morgan fingerprint density at radius 2 is 1.73 bits per heavy atom. The van der Waals surface area contributed by atoms with Gasteiger partial charge < -0.3 is 4.74 Å². The minimum absolute atomic E-state index is 0.0976. The van der Waals surface area contributed by atoms with Crippen molar-refractivity contribution in [3.05, 3.63) is 101 Å². The van der Waals surface area contributed by atoms with E-state index in [0.29, 0.717) is 22.8 Å². The van der Waals surface area contributed by atoms with Gasteiger partial charge in [0.1, 0.15) is 16.8 Å². The Morgan fingerprint density at radius 1 is 1.00 bits per heavy atom. The number of aryl methyl sites for hydroxylation is 2. The zero-order valence-corrected chi connectivity index (χ0v) is 24.1. The lowest BCUT2D eigenvalue weighted by atomic mass is 9.95. The van der Waals surface area contributed by atoms with Crippen molar-refractivity contribution < 1.29 is 9.53 Å². The summed E-state index contributed by atoms with van der Waals surface area (Å²) in [5.41, 5.74) is 8.72. The van der Waals surface area contributed by atoms with Crippen molar-refractivity contribution in [3.63, 3.8) is 0 Å². The molecule has 2 heterocycles. The van der Waals surface area contributed by atoms with Gasteiger partial charge in [0.15, 0.2) is 0 Å². The number of nitriles is 1. The number of rotatable bonds is 7. The fourth-order valence-electron chi connectivity index (χ4n) is 5.73. The first kappa shape index (κ1) is 26.9. The summed E-state index contributed by atoms with van der Waals surface area (Å²) < 4.78 is 7.29. The second-order valence-corrected chi connectivity index (χ2v) is 11.5. The predicted octanol–water partition coefficient (Wildman–Crippen LogP) is 8.26. The van der Waals surface area contributed by atoms with Crippen LogP contribution in [-0.2, 0) is 12.8 Å². The largest absolute Gasteiger partial charge is 0.497 e. The molecule has 1 aliphatic rings. The Labute approximate surface area is 244 Å². The first-order valence-electron chi connectivity index (χ1n) is 14.0. The monoisotopic (exact) mass is 557 g/mol. The number of methoxy groups -OCH3 is 1. The van der Waals surface area contributed by atoms with Crippen molar-refractivity contribution in [3.8, 4) is 34.2 Å². The van der Waals surface area contributed by atoms with Crippen molar-refractivity contribution in [2.75, 3.05) is 12.9 Å². The average Bonchev–Trinajstić information content (AvgIpc) is 3.35. The molecule has 41 heavy (non-hydrogen) atoms. The molecular formula is C35H31N3O2S. The number of pyridine rings is 1. The summed E-state index contributed by atoms with van der Waals surface area (Å²) in [7, 11) is 1.65. The molecule has 2 aromatic heterocycles. The molecule has 0 fully saturated rings. The number of thioether (sulfide) groups is 1. The van der Waals surface area contributed by atoms with Crippen LogP contribution in [0.2, 0.25) is 0 Å². The third kappa shape index (κ3) is 5.26. The van der Waals surface area contributed by atoms with Crippen LogP contribution in [0.5, 0.6) is 5.75 Å². The van der Waals surface area contributed by atoms with Gasteiger partial charge >= 0.3 is 0 Å². The number of benzene rings is 3. The molecule has 0 radical (unpaired) electrons. The highest BCUT2D eigenvalue weighted by atomic mass is 32.2. The maximum atomic E-state index is 13.7. The summed E-state index contributed by atoms with van der Waals surface area (Å²) in [5, 5.41) is 12.1. The van der Waals surface area contributed by atoms with E-state index in [2.05, 4.69) is 36.4 Å². The first-order valence-corrected chi connectivity index (χ1v) is 15.0. The second-order valence-electron chi connectivity index (χ2n) is 10.4. The van der Waals surface area contributed by atoms with Crippen molar-refractivity contribution >= 4 is 28.6 Å². The minimum Gasteiger partial charge on any atom is -0.497 e. The Morgan fingerprint density at radius 3 is 2.49 bits per heavy atom. The van der Waals surface area contributed by atoms with Crippen LogP contribution in [0.1, 0.15) is 46.4 Å². The fraction of sp³-hybridized carbons (Fsp3) is 0.229. The fourth-order valence-corrected chi connectivity index (χ4v) is 6.66. The third-order valence-corrected chi connectivity index (χ3v) is 8.81. The van der Waals surface area contributed by atoms with Crippen LogP contribution in [-0.4, -0.2) is 28.3 Å². The van der Waals surface area contributed by atoms with Crippen LogP contribution >= 0.6 is 11.8 Å². The number of hydrogen-bond donors (Lipinski definition) is 0. The Hall–Kier alpha value is -4.34. The number of ether oxygens (including phenoxy) is 1. The highest BCUT2D eigenvalue weighted by Gasteiger charge is 2.23. The van der Waals surface area contributed by atoms with E-state index in [4.69, 9.17) is 9.72 Å². The number of fused-ring (bicyclic) bond motifs is 3. The lowest BCUT2D eigenvalue weighted by molar-refractivity contribution is 0.0912. The van der Waals surface area contributed by atoms with E-state index < -0.39 is 0 Å². The van der Waals surface area contributed by atoms with Crippen molar-refractivity contribution in [2.24, 2.45) is 0 Å². The number of aromatic nitrogens is 2. The van der Waals surface area contributed by atoms with Crippen molar-refractivity contribution in [1.29, 1.82) is 5.26 Å². The van der Waals surface area contributed by atoms with Gasteiger partial charge in [0.25, 0.3) is 0 Å². The van der Waals surface area contributed by atoms with Gasteiger partial charge in [0.05, 0.1) is 23.9 Å². The number of hydrogen-bond acceptors (Lipinski definition) is 5. The molecular weight excluding hydrogens is 526 g/mol. The van der Waals surface area contributed by atoms with E-state index in [0.717, 1.165) is 58.5 Å². The van der Waals surface area contributed by atoms with Gasteiger partial charge in [0, 0.05) is 34.4 Å². The Kier molecular flexibility index (Phi) is 7.63. The molecule has 0 bridgehead atoms. The van der Waals surface area contributed by atoms with Gasteiger partial charge in [-0.05, 0) is 80.1 Å². The van der Waals surface area contributed by atoms with Gasteiger partial charge in [-0.1, -0.05) is 48.0 Å². The van der Waals surface area contributed by atoms with Crippen LogP contribution in [0.25, 0.3) is 33.3 Å². The summed E-state index contributed by atoms with van der Waals surface area (Å²) in [4.78, 5) is 18.6. The Balaban J connectivity index is 1.33. The lowest BCUT2D eigenvalue weighted by Crippen LogP contribution is -2.16. The normalized spacial score (nSPS) is 12.6. The number of carbonyl (C=O) groups excluding carboxylic acids is 1. The summed E-state index contributed by atoms with van der Waals surface area (Å²) in [6.45, 7) is 2.05. The van der Waals surface area contributed by atoms with Crippen LogP contribution in [0, 0.1) is 18.3 Å². The molecule has 0 saturated carbocycles. The summed E-state index contributed by atoms with van der Waals surface area (Å²) in [6.07, 6.45) is 4.60. The highest BCUT2D eigenvalue weighted by Crippen LogP contribution is 2.36. The molecule has 0 unspecified atom stereocenters. The lowest BCUT2D eigenvalue weighted by Gasteiger charge is -2.15. The first-order chi connectivity index (χ1) is 20.1. The standard InChI is InChI=1S/C35H31N3O2S/c1-23-11-13-24(14-12-23)29-21-31(25-15-17-26(40-2)18-16-25)37-35(30(29)22-36)41-20-19-34(39)38-32-9-5-3-7-27(32)28-8-4-6-10-33(28)38/h3,5,7,9,11-18,21H,4,6,8,10,19-20H2,1-2H3. The molecule has 0 aliphatic heterocycles. The van der Waals surface area contributed by atoms with E-state index in [9.17, 15) is 10.1 Å². The zero-order valence-electron chi connectivity index (χ0n) is 23.3. The van der Waals surface area contributed by atoms with E-state index in [1.54, 1.807) is 7.11 Å². The van der Waals surface area contributed by atoms with Crippen LogP contribution in [0.3, 0.4) is 0 Å². The van der Waals surface area contributed by atoms with Crippen LogP contribution in [0.15, 0.2) is 83.9 Å². The van der Waals surface area contributed by atoms with Gasteiger partial charge in [-0.15, -0.1) is 11.8 Å². The molecule has 6 heteroatoms. The predicted molar refractivity (Wildman–Crippen MR) is 166 cm³/mol. The zero-order chi connectivity index (χ0) is 28.3. The molecule has 0 amide bonds. The van der Waals surface area contributed by atoms with Gasteiger partial charge in [-0.3, -0.25) is 9.36 Å². The average molecular weight is 558 g/mol. The summed E-state index contributed by atoms with van der Waals surface area (Å²) >= 11 is 1.48. The number of carbonyl (C=O) groups is 1. The number of para-hydroxylation sites is 1. The molecule has 1 aliphatic carbocycles. The maximum absolute atomic E-state index is 13.7. The van der Waals surface area contributed by atoms with E-state index in [1.165, 1.54) is 34.8 Å². The molecule has 3 aromatic carbocycles. The molecule has 6 rings (SSSR count). The van der Waals surface area contributed by atoms with Crippen molar-refractivity contribution in [2.45, 2.75) is 44.1 Å². The second kappa shape index (κ2) is 11.6. The molecule has 0 atom stereocenters. The Bertz CT molecular complexity index is 1780. The highest BCUT2D eigenvalue weighted by molar-refractivity contribution is 7.99. The summed E-state index contributed by atoms with van der Waals surface area (Å²) in [5.74, 6) is 1.40. The van der Waals surface area contributed by atoms with Crippen molar-refractivity contribution in [1.82, 2.24) is 9.55 Å². The van der Waals surface area contributed by atoms with Gasteiger partial charge in [-0.25, -0.2) is 4.98 Å². The summed E-state index contributed by atoms with van der Waals surface area (Å²) in [6, 6.07) is 28.6. The molecule has 0 N–H and O–H groups in total. The van der Waals surface area contributed by atoms with E-state index >= 15 is 0 Å². The van der Waals surface area contributed by atoms with Gasteiger partial charge in [0.2, 0.25) is 5.91 Å². The van der Waals surface area contributed by atoms with E-state index in [-0.39, 0.29) is 5.91 Å². The third-order valence-electron chi connectivity index (χ3n) is 7.83. The molecule has 5 nitrogen and oxygen atoms in total. The van der Waals surface area contributed by atoms with E-state index in [1.807, 2.05) is 60.0 Å². The maximum Gasteiger partial charge on any atom is 0.232 e. The topological polar surface area (TPSA) is 67.9 Å².